The average Bonchev–Trinajstić information content (AvgIpc) is 2.84. The first-order valence-electron chi connectivity index (χ1n) is 10.4. The second-order valence-electron chi connectivity index (χ2n) is 7.61. The molecule has 1 aromatic heterocycles. The molecular weight excluding hydrogens is 503 g/mol. The van der Waals surface area contributed by atoms with E-state index in [1.165, 1.54) is 3.57 Å². The molecular formula is C24H25IN4O2. The maximum atomic E-state index is 12.6. The fraction of sp³-hybridized carbons (Fsp3) is 0.292. The Hall–Kier alpha value is -2.68. The molecule has 0 atom stereocenters. The zero-order valence-corrected chi connectivity index (χ0v) is 19.6. The van der Waals surface area contributed by atoms with Crippen molar-refractivity contribution in [3.63, 3.8) is 0 Å². The van der Waals surface area contributed by atoms with Gasteiger partial charge in [0.1, 0.15) is 5.75 Å². The summed E-state index contributed by atoms with van der Waals surface area (Å²) in [6.07, 6.45) is 1.64. The number of anilines is 1. The molecule has 1 saturated heterocycles. The summed E-state index contributed by atoms with van der Waals surface area (Å²) in [6.45, 7) is 2.19. The van der Waals surface area contributed by atoms with Crippen molar-refractivity contribution >= 4 is 34.3 Å². The van der Waals surface area contributed by atoms with E-state index in [2.05, 4.69) is 67.3 Å². The second-order valence-corrected chi connectivity index (χ2v) is 8.86. The highest BCUT2D eigenvalue weighted by Gasteiger charge is 2.25. The number of carbonyl (C=O) groups is 1. The number of aromatic nitrogens is 2. The highest BCUT2D eigenvalue weighted by Crippen LogP contribution is 2.24. The van der Waals surface area contributed by atoms with Crippen LogP contribution in [0.5, 0.6) is 5.75 Å². The van der Waals surface area contributed by atoms with E-state index in [0.717, 1.165) is 54.3 Å². The molecule has 0 spiro atoms. The zero-order chi connectivity index (χ0) is 21.6. The number of rotatable bonds is 6. The molecule has 4 rings (SSSR count). The highest BCUT2D eigenvalue weighted by atomic mass is 127. The van der Waals surface area contributed by atoms with Crippen LogP contribution in [0.1, 0.15) is 18.4 Å². The van der Waals surface area contributed by atoms with Gasteiger partial charge in [-0.15, -0.1) is 10.2 Å². The third-order valence-corrected chi connectivity index (χ3v) is 6.33. The number of hydrogen-bond donors (Lipinski definition) is 1. The number of ether oxygens (including phenoxy) is 1. The van der Waals surface area contributed by atoms with Crippen molar-refractivity contribution < 1.29 is 9.53 Å². The van der Waals surface area contributed by atoms with Crippen LogP contribution in [0.25, 0.3) is 11.3 Å². The Labute approximate surface area is 196 Å². The Kier molecular flexibility index (Phi) is 7.01. The minimum atomic E-state index is 0.0478. The fourth-order valence-corrected chi connectivity index (χ4v) is 4.08. The summed E-state index contributed by atoms with van der Waals surface area (Å²) in [7, 11) is 1.65. The van der Waals surface area contributed by atoms with Gasteiger partial charge in [-0.3, -0.25) is 4.79 Å². The smallest absolute Gasteiger partial charge is 0.223 e. The molecule has 0 aliphatic carbocycles. The summed E-state index contributed by atoms with van der Waals surface area (Å²) < 4.78 is 6.39. The molecule has 1 aliphatic rings. The fourth-order valence-electron chi connectivity index (χ4n) is 3.72. The van der Waals surface area contributed by atoms with Gasteiger partial charge in [-0.2, -0.15) is 0 Å². The molecule has 0 unspecified atom stereocenters. The van der Waals surface area contributed by atoms with E-state index < -0.39 is 0 Å². The summed E-state index contributed by atoms with van der Waals surface area (Å²) in [5.74, 6) is 1.86. The van der Waals surface area contributed by atoms with Crippen molar-refractivity contribution in [1.29, 1.82) is 0 Å². The number of hydrogen-bond acceptors (Lipinski definition) is 5. The first-order chi connectivity index (χ1) is 15.1. The number of carbonyl (C=O) groups excluding carboxylic acids is 1. The summed E-state index contributed by atoms with van der Waals surface area (Å²) in [6, 6.07) is 20.0. The Balaban J connectivity index is 1.28. The van der Waals surface area contributed by atoms with Crippen LogP contribution < -0.4 is 15.0 Å². The molecule has 0 saturated carbocycles. The number of nitrogens with one attached hydrogen (secondary N) is 1. The molecule has 2 aromatic carbocycles. The number of benzene rings is 2. The normalized spacial score (nSPS) is 14.3. The van der Waals surface area contributed by atoms with E-state index in [1.807, 2.05) is 36.4 Å². The van der Waals surface area contributed by atoms with Gasteiger partial charge in [0.05, 0.1) is 12.8 Å². The third kappa shape index (κ3) is 5.52. The number of piperidine rings is 1. The van der Waals surface area contributed by atoms with Gasteiger partial charge in [0.2, 0.25) is 5.91 Å². The highest BCUT2D eigenvalue weighted by molar-refractivity contribution is 14.1. The van der Waals surface area contributed by atoms with Gasteiger partial charge in [-0.25, -0.2) is 0 Å². The van der Waals surface area contributed by atoms with E-state index in [9.17, 15) is 4.79 Å². The van der Waals surface area contributed by atoms with E-state index >= 15 is 0 Å². The van der Waals surface area contributed by atoms with Gasteiger partial charge in [0.15, 0.2) is 5.82 Å². The first-order valence-corrected chi connectivity index (χ1v) is 11.5. The number of methoxy groups -OCH3 is 1. The lowest BCUT2D eigenvalue weighted by Gasteiger charge is -2.31. The van der Waals surface area contributed by atoms with Gasteiger partial charge in [0, 0.05) is 34.7 Å². The Morgan fingerprint density at radius 1 is 1.03 bits per heavy atom. The Bertz CT molecular complexity index is 999. The summed E-state index contributed by atoms with van der Waals surface area (Å²) in [4.78, 5) is 14.8. The lowest BCUT2D eigenvalue weighted by Crippen LogP contribution is -2.40. The largest absolute Gasteiger partial charge is 0.497 e. The molecule has 3 aromatic rings. The topological polar surface area (TPSA) is 67.3 Å². The maximum Gasteiger partial charge on any atom is 0.223 e. The minimum Gasteiger partial charge on any atom is -0.497 e. The SMILES string of the molecule is COc1ccc(-c2ccc(N3CCC(C(=O)NCc4ccc(I)cc4)CC3)nn2)cc1. The zero-order valence-electron chi connectivity index (χ0n) is 17.4. The lowest BCUT2D eigenvalue weighted by atomic mass is 9.96. The van der Waals surface area contributed by atoms with E-state index in [4.69, 9.17) is 4.74 Å². The maximum absolute atomic E-state index is 12.6. The van der Waals surface area contributed by atoms with Gasteiger partial charge in [0.25, 0.3) is 0 Å². The van der Waals surface area contributed by atoms with Gasteiger partial charge >= 0.3 is 0 Å². The van der Waals surface area contributed by atoms with Crippen molar-refractivity contribution in [2.24, 2.45) is 5.92 Å². The monoisotopic (exact) mass is 528 g/mol. The molecule has 7 heteroatoms. The molecule has 0 bridgehead atoms. The second kappa shape index (κ2) is 10.1. The van der Waals surface area contributed by atoms with Crippen molar-refractivity contribution in [1.82, 2.24) is 15.5 Å². The standard InChI is InChI=1S/C24H25IN4O2/c1-31-21-8-4-18(5-9-21)22-10-11-23(28-27-22)29-14-12-19(13-15-29)24(30)26-16-17-2-6-20(25)7-3-17/h2-11,19H,12-16H2,1H3,(H,26,30). The predicted octanol–water partition coefficient (Wildman–Crippen LogP) is 4.29. The van der Waals surface area contributed by atoms with Crippen LogP contribution in [0.2, 0.25) is 0 Å². The molecule has 1 N–H and O–H groups in total. The van der Waals surface area contributed by atoms with Gasteiger partial charge in [-0.05, 0) is 89.5 Å². The number of nitrogens with zero attached hydrogens (tertiary/aromatic N) is 3. The van der Waals surface area contributed by atoms with Crippen LogP contribution in [0.4, 0.5) is 5.82 Å². The predicted molar refractivity (Wildman–Crippen MR) is 130 cm³/mol. The number of amides is 1. The van der Waals surface area contributed by atoms with Crippen LogP contribution in [0, 0.1) is 9.49 Å². The quantitative estimate of drug-likeness (QED) is 0.484. The van der Waals surface area contributed by atoms with Crippen molar-refractivity contribution in [3.8, 4) is 17.0 Å². The summed E-state index contributed by atoms with van der Waals surface area (Å²) in [5.41, 5.74) is 2.96. The van der Waals surface area contributed by atoms with Gasteiger partial charge < -0.3 is 15.0 Å². The molecule has 31 heavy (non-hydrogen) atoms. The molecule has 0 radical (unpaired) electrons. The van der Waals surface area contributed by atoms with E-state index in [-0.39, 0.29) is 11.8 Å². The van der Waals surface area contributed by atoms with Crippen LogP contribution in [-0.4, -0.2) is 36.3 Å². The van der Waals surface area contributed by atoms with E-state index in [0.29, 0.717) is 6.54 Å². The molecule has 1 fully saturated rings. The molecule has 6 nitrogen and oxygen atoms in total. The van der Waals surface area contributed by atoms with Crippen LogP contribution in [0.15, 0.2) is 60.7 Å². The molecule has 2 heterocycles. The summed E-state index contributed by atoms with van der Waals surface area (Å²) in [5, 5.41) is 11.9. The van der Waals surface area contributed by atoms with Crippen LogP contribution >= 0.6 is 22.6 Å². The summed E-state index contributed by atoms with van der Waals surface area (Å²) >= 11 is 2.28. The minimum absolute atomic E-state index is 0.0478. The number of halogens is 1. The molecule has 160 valence electrons. The van der Waals surface area contributed by atoms with Crippen molar-refractivity contribution in [2.75, 3.05) is 25.1 Å². The Morgan fingerprint density at radius 3 is 2.35 bits per heavy atom. The van der Waals surface area contributed by atoms with Gasteiger partial charge in [-0.1, -0.05) is 12.1 Å². The van der Waals surface area contributed by atoms with Crippen molar-refractivity contribution in [2.45, 2.75) is 19.4 Å². The Morgan fingerprint density at radius 2 is 1.74 bits per heavy atom. The van der Waals surface area contributed by atoms with E-state index in [1.54, 1.807) is 7.11 Å². The first kappa shape index (κ1) is 21.5. The van der Waals surface area contributed by atoms with Crippen molar-refractivity contribution in [3.05, 3.63) is 69.8 Å². The van der Waals surface area contributed by atoms with Crippen LogP contribution in [0.3, 0.4) is 0 Å². The third-order valence-electron chi connectivity index (χ3n) is 5.61. The lowest BCUT2D eigenvalue weighted by molar-refractivity contribution is -0.125. The average molecular weight is 528 g/mol. The molecule has 1 aliphatic heterocycles. The van der Waals surface area contributed by atoms with Crippen LogP contribution in [-0.2, 0) is 11.3 Å². The molecule has 1 amide bonds.